The quantitative estimate of drug-likeness (QED) is 0.849. The molecule has 0 bridgehead atoms. The van der Waals surface area contributed by atoms with Crippen LogP contribution >= 0.6 is 0 Å². The zero-order valence-electron chi connectivity index (χ0n) is 12.1. The van der Waals surface area contributed by atoms with Crippen LogP contribution in [-0.4, -0.2) is 12.5 Å². The molecule has 0 spiro atoms. The summed E-state index contributed by atoms with van der Waals surface area (Å²) < 4.78 is 5.15. The summed E-state index contributed by atoms with van der Waals surface area (Å²) in [5.41, 5.74) is 7.77. The molecule has 1 atom stereocenters. The van der Waals surface area contributed by atoms with E-state index >= 15 is 0 Å². The molecule has 4 heteroatoms. The van der Waals surface area contributed by atoms with Crippen LogP contribution < -0.4 is 11.1 Å². The van der Waals surface area contributed by atoms with Gasteiger partial charge in [0.2, 0.25) is 0 Å². The zero-order valence-corrected chi connectivity index (χ0v) is 12.1. The smallest absolute Gasteiger partial charge is 0.255 e. The highest BCUT2D eigenvalue weighted by atomic mass is 16.3. The Hall–Kier alpha value is -2.51. The SMILES string of the molecule is Cc1cc(C(=O)NC(C)c2cccc(C#CCN)c2)co1. The van der Waals surface area contributed by atoms with Crippen molar-refractivity contribution in [1.29, 1.82) is 0 Å². The number of furan rings is 1. The Kier molecular flexibility index (Phi) is 4.81. The second kappa shape index (κ2) is 6.78. The van der Waals surface area contributed by atoms with Crippen LogP contribution in [0.4, 0.5) is 0 Å². The number of hydrogen-bond acceptors (Lipinski definition) is 3. The number of rotatable bonds is 3. The Morgan fingerprint density at radius 1 is 1.43 bits per heavy atom. The number of carbonyl (C=O) groups excluding carboxylic acids is 1. The molecule has 21 heavy (non-hydrogen) atoms. The molecule has 1 aromatic heterocycles. The molecule has 1 heterocycles. The first kappa shape index (κ1) is 14.9. The van der Waals surface area contributed by atoms with Crippen molar-refractivity contribution in [1.82, 2.24) is 5.32 Å². The van der Waals surface area contributed by atoms with Crippen molar-refractivity contribution in [3.05, 3.63) is 59.0 Å². The lowest BCUT2D eigenvalue weighted by Gasteiger charge is -2.14. The number of carbonyl (C=O) groups is 1. The number of nitrogens with one attached hydrogen (secondary N) is 1. The molecule has 1 unspecified atom stereocenters. The van der Waals surface area contributed by atoms with Crippen LogP contribution in [-0.2, 0) is 0 Å². The highest BCUT2D eigenvalue weighted by Gasteiger charge is 2.13. The van der Waals surface area contributed by atoms with Crippen LogP contribution in [0.5, 0.6) is 0 Å². The van der Waals surface area contributed by atoms with Crippen LogP contribution in [0.3, 0.4) is 0 Å². The molecule has 0 fully saturated rings. The fraction of sp³-hybridized carbons (Fsp3) is 0.235. The predicted octanol–water partition coefficient (Wildman–Crippen LogP) is 2.39. The topological polar surface area (TPSA) is 68.3 Å². The lowest BCUT2D eigenvalue weighted by atomic mass is 10.0. The van der Waals surface area contributed by atoms with Gasteiger partial charge in [-0.2, -0.15) is 0 Å². The molecule has 0 saturated carbocycles. The molecule has 2 aromatic rings. The van der Waals surface area contributed by atoms with Crippen molar-refractivity contribution >= 4 is 5.91 Å². The summed E-state index contributed by atoms with van der Waals surface area (Å²) in [5, 5.41) is 2.94. The van der Waals surface area contributed by atoms with Gasteiger partial charge in [-0.05, 0) is 37.6 Å². The summed E-state index contributed by atoms with van der Waals surface area (Å²) in [6, 6.07) is 9.34. The van der Waals surface area contributed by atoms with Crippen LogP contribution in [0.25, 0.3) is 0 Å². The zero-order chi connectivity index (χ0) is 15.2. The van der Waals surface area contributed by atoms with Crippen LogP contribution in [0.15, 0.2) is 41.0 Å². The minimum atomic E-state index is -0.155. The van der Waals surface area contributed by atoms with Crippen LogP contribution in [0.1, 0.15) is 40.2 Å². The Labute approximate surface area is 124 Å². The normalized spacial score (nSPS) is 11.4. The minimum absolute atomic E-state index is 0.118. The highest BCUT2D eigenvalue weighted by molar-refractivity contribution is 5.94. The summed E-state index contributed by atoms with van der Waals surface area (Å²) in [7, 11) is 0. The molecule has 1 amide bonds. The van der Waals surface area contributed by atoms with E-state index in [2.05, 4.69) is 17.2 Å². The van der Waals surface area contributed by atoms with Gasteiger partial charge in [-0.15, -0.1) is 0 Å². The molecular formula is C17H18N2O2. The first-order valence-electron chi connectivity index (χ1n) is 6.75. The molecule has 0 aliphatic heterocycles. The molecule has 0 aliphatic carbocycles. The third-order valence-electron chi connectivity index (χ3n) is 3.06. The van der Waals surface area contributed by atoms with Crippen LogP contribution in [0, 0.1) is 18.8 Å². The Morgan fingerprint density at radius 2 is 2.24 bits per heavy atom. The van der Waals surface area contributed by atoms with E-state index in [1.54, 1.807) is 13.0 Å². The summed E-state index contributed by atoms with van der Waals surface area (Å²) in [6.07, 6.45) is 1.46. The maximum atomic E-state index is 12.1. The molecule has 0 saturated heterocycles. The third kappa shape index (κ3) is 3.98. The minimum Gasteiger partial charge on any atom is -0.469 e. The standard InChI is InChI=1S/C17H18N2O2/c1-12-9-16(11-21-12)17(20)19-13(2)15-7-3-5-14(10-15)6-4-8-18/h3,5,7,9-11,13H,8,18H2,1-2H3,(H,19,20). The number of nitrogens with two attached hydrogens (primary N) is 1. The molecule has 0 aliphatic rings. The predicted molar refractivity (Wildman–Crippen MR) is 81.7 cm³/mol. The van der Waals surface area contributed by atoms with E-state index in [1.807, 2.05) is 31.2 Å². The average Bonchev–Trinajstić information content (AvgIpc) is 2.92. The maximum absolute atomic E-state index is 12.1. The van der Waals surface area contributed by atoms with Crippen molar-refractivity contribution in [3.8, 4) is 11.8 Å². The van der Waals surface area contributed by atoms with Crippen molar-refractivity contribution < 1.29 is 9.21 Å². The van der Waals surface area contributed by atoms with E-state index < -0.39 is 0 Å². The van der Waals surface area contributed by atoms with Crippen molar-refractivity contribution in [2.24, 2.45) is 5.73 Å². The average molecular weight is 282 g/mol. The lowest BCUT2D eigenvalue weighted by Crippen LogP contribution is -2.26. The van der Waals surface area contributed by atoms with E-state index in [-0.39, 0.29) is 11.9 Å². The van der Waals surface area contributed by atoms with Gasteiger partial charge in [0.15, 0.2) is 0 Å². The number of hydrogen-bond donors (Lipinski definition) is 2. The molecule has 4 nitrogen and oxygen atoms in total. The molecule has 108 valence electrons. The van der Waals surface area contributed by atoms with Gasteiger partial charge in [0.05, 0.1) is 18.2 Å². The fourth-order valence-corrected chi connectivity index (χ4v) is 1.96. The number of benzene rings is 1. The Bertz CT molecular complexity index is 692. The van der Waals surface area contributed by atoms with Gasteiger partial charge in [0.1, 0.15) is 12.0 Å². The van der Waals surface area contributed by atoms with Gasteiger partial charge in [-0.1, -0.05) is 24.0 Å². The van der Waals surface area contributed by atoms with E-state index in [0.29, 0.717) is 17.9 Å². The third-order valence-corrected chi connectivity index (χ3v) is 3.06. The summed E-state index contributed by atoms with van der Waals surface area (Å²) in [5.74, 6) is 6.36. The van der Waals surface area contributed by atoms with Gasteiger partial charge in [0, 0.05) is 5.56 Å². The largest absolute Gasteiger partial charge is 0.469 e. The van der Waals surface area contributed by atoms with Gasteiger partial charge >= 0.3 is 0 Å². The van der Waals surface area contributed by atoms with E-state index in [1.165, 1.54) is 6.26 Å². The fourth-order valence-electron chi connectivity index (χ4n) is 1.96. The van der Waals surface area contributed by atoms with Gasteiger partial charge in [0.25, 0.3) is 5.91 Å². The van der Waals surface area contributed by atoms with Crippen molar-refractivity contribution in [2.75, 3.05) is 6.54 Å². The lowest BCUT2D eigenvalue weighted by molar-refractivity contribution is 0.0939. The molecule has 3 N–H and O–H groups in total. The molecular weight excluding hydrogens is 264 g/mol. The monoisotopic (exact) mass is 282 g/mol. The molecule has 0 radical (unpaired) electrons. The Morgan fingerprint density at radius 3 is 2.90 bits per heavy atom. The Balaban J connectivity index is 2.09. The summed E-state index contributed by atoms with van der Waals surface area (Å²) in [4.78, 5) is 12.1. The summed E-state index contributed by atoms with van der Waals surface area (Å²) >= 11 is 0. The first-order chi connectivity index (χ1) is 10.1. The van der Waals surface area contributed by atoms with Crippen molar-refractivity contribution in [2.45, 2.75) is 19.9 Å². The van der Waals surface area contributed by atoms with E-state index in [0.717, 1.165) is 11.1 Å². The second-order valence-electron chi connectivity index (χ2n) is 4.77. The first-order valence-corrected chi connectivity index (χ1v) is 6.75. The number of amides is 1. The van der Waals surface area contributed by atoms with E-state index in [9.17, 15) is 4.79 Å². The van der Waals surface area contributed by atoms with Crippen molar-refractivity contribution in [3.63, 3.8) is 0 Å². The highest BCUT2D eigenvalue weighted by Crippen LogP contribution is 2.15. The maximum Gasteiger partial charge on any atom is 0.255 e. The second-order valence-corrected chi connectivity index (χ2v) is 4.77. The molecule has 1 aromatic carbocycles. The van der Waals surface area contributed by atoms with E-state index in [4.69, 9.17) is 10.2 Å². The van der Waals surface area contributed by atoms with Gasteiger partial charge in [-0.3, -0.25) is 4.79 Å². The van der Waals surface area contributed by atoms with Gasteiger partial charge < -0.3 is 15.5 Å². The summed E-state index contributed by atoms with van der Waals surface area (Å²) in [6.45, 7) is 4.07. The number of aryl methyl sites for hydroxylation is 1. The van der Waals surface area contributed by atoms with Gasteiger partial charge in [-0.25, -0.2) is 0 Å². The van der Waals surface area contributed by atoms with Crippen LogP contribution in [0.2, 0.25) is 0 Å². The molecule has 2 rings (SSSR count).